The molecule has 0 N–H and O–H groups in total. The van der Waals surface area contributed by atoms with Crippen molar-refractivity contribution in [3.63, 3.8) is 0 Å². The van der Waals surface area contributed by atoms with Gasteiger partial charge in [0.2, 0.25) is 0 Å². The third kappa shape index (κ3) is 10.8. The van der Waals surface area contributed by atoms with Gasteiger partial charge in [0, 0.05) is 12.8 Å². The van der Waals surface area contributed by atoms with Gasteiger partial charge in [0.1, 0.15) is 17.6 Å². The summed E-state index contributed by atoms with van der Waals surface area (Å²) in [4.78, 5) is 11.6. The van der Waals surface area contributed by atoms with E-state index in [1.165, 1.54) is 32.1 Å². The van der Waals surface area contributed by atoms with E-state index in [9.17, 15) is 4.79 Å². The first-order chi connectivity index (χ1) is 16.0. The van der Waals surface area contributed by atoms with Crippen molar-refractivity contribution in [2.24, 2.45) is 0 Å². The van der Waals surface area contributed by atoms with Gasteiger partial charge in [0.25, 0.3) is 0 Å². The Bertz CT molecular complexity index is 782. The van der Waals surface area contributed by atoms with Gasteiger partial charge in [-0.2, -0.15) is 0 Å². The second kappa shape index (κ2) is 15.4. The Morgan fingerprint density at radius 2 is 1.30 bits per heavy atom. The van der Waals surface area contributed by atoms with Gasteiger partial charge in [-0.25, -0.2) is 0 Å². The molecule has 182 valence electrons. The van der Waals surface area contributed by atoms with Crippen molar-refractivity contribution in [1.82, 2.24) is 0 Å². The molecule has 0 unspecified atom stereocenters. The summed E-state index contributed by atoms with van der Waals surface area (Å²) < 4.78 is 17.3. The van der Waals surface area contributed by atoms with Crippen LogP contribution in [0.1, 0.15) is 85.5 Å². The van der Waals surface area contributed by atoms with Gasteiger partial charge in [0.05, 0.1) is 12.7 Å². The van der Waals surface area contributed by atoms with E-state index >= 15 is 0 Å². The maximum Gasteiger partial charge on any atom is 0.306 e. The number of rotatable bonds is 16. The van der Waals surface area contributed by atoms with Crippen molar-refractivity contribution < 1.29 is 19.0 Å². The fourth-order valence-corrected chi connectivity index (χ4v) is 3.83. The molecule has 0 aromatic heterocycles. The largest absolute Gasteiger partial charge is 0.494 e. The topological polar surface area (TPSA) is 44.8 Å². The number of benzene rings is 2. The molecule has 0 saturated carbocycles. The summed E-state index contributed by atoms with van der Waals surface area (Å²) in [5.74, 6) is 1.60. The summed E-state index contributed by atoms with van der Waals surface area (Å²) in [6, 6.07) is 16.4. The third-order valence-corrected chi connectivity index (χ3v) is 5.60. The molecule has 0 spiro atoms. The number of carbonyl (C=O) groups is 1. The van der Waals surface area contributed by atoms with Crippen LogP contribution < -0.4 is 9.47 Å². The minimum Gasteiger partial charge on any atom is -0.494 e. The zero-order valence-electron chi connectivity index (χ0n) is 21.0. The molecule has 33 heavy (non-hydrogen) atoms. The highest BCUT2D eigenvalue weighted by atomic mass is 16.5. The standard InChI is InChI=1S/C29H42O4/c1-5-7-8-9-10-11-21-31-27-17-13-25(14-18-27)26-15-19-28(20-16-26)32-23(3)22-24(4)33-29(30)12-6-2/h13-20,23-24H,5-12,21-22H2,1-4H3/t23-,24+/m0/s1. The Balaban J connectivity index is 1.75. The van der Waals surface area contributed by atoms with Crippen LogP contribution in [0.3, 0.4) is 0 Å². The predicted molar refractivity (Wildman–Crippen MR) is 136 cm³/mol. The number of carbonyl (C=O) groups excluding carboxylic acids is 1. The van der Waals surface area contributed by atoms with E-state index < -0.39 is 0 Å². The molecule has 0 aliphatic carbocycles. The smallest absolute Gasteiger partial charge is 0.306 e. The Labute approximate surface area is 200 Å². The molecule has 0 aliphatic heterocycles. The highest BCUT2D eigenvalue weighted by Gasteiger charge is 2.14. The monoisotopic (exact) mass is 454 g/mol. The van der Waals surface area contributed by atoms with Crippen molar-refractivity contribution in [3.8, 4) is 22.6 Å². The molecule has 0 amide bonds. The van der Waals surface area contributed by atoms with Gasteiger partial charge in [-0.3, -0.25) is 4.79 Å². The number of unbranched alkanes of at least 4 members (excludes halogenated alkanes) is 5. The Kier molecular flexibility index (Phi) is 12.5. The van der Waals surface area contributed by atoms with E-state index in [0.29, 0.717) is 12.8 Å². The lowest BCUT2D eigenvalue weighted by Crippen LogP contribution is -2.23. The molecule has 0 saturated heterocycles. The zero-order chi connectivity index (χ0) is 23.9. The average molecular weight is 455 g/mol. The van der Waals surface area contributed by atoms with Crippen LogP contribution in [0.5, 0.6) is 11.5 Å². The molecule has 4 nitrogen and oxygen atoms in total. The quantitative estimate of drug-likeness (QED) is 0.190. The van der Waals surface area contributed by atoms with Gasteiger partial charge in [-0.15, -0.1) is 0 Å². The van der Waals surface area contributed by atoms with Gasteiger partial charge in [-0.05, 0) is 62.1 Å². The first-order valence-electron chi connectivity index (χ1n) is 12.7. The predicted octanol–water partition coefficient (Wildman–Crippen LogP) is 7.98. The van der Waals surface area contributed by atoms with E-state index in [1.54, 1.807) is 0 Å². The molecule has 4 heteroatoms. The van der Waals surface area contributed by atoms with Crippen LogP contribution in [0.15, 0.2) is 48.5 Å². The Morgan fingerprint density at radius 1 is 0.727 bits per heavy atom. The van der Waals surface area contributed by atoms with Gasteiger partial charge >= 0.3 is 5.97 Å². The van der Waals surface area contributed by atoms with Crippen molar-refractivity contribution >= 4 is 5.97 Å². The SMILES string of the molecule is CCCCCCCCOc1ccc(-c2ccc(O[C@@H](C)C[C@@H](C)OC(=O)CCC)cc2)cc1. The van der Waals surface area contributed by atoms with Gasteiger partial charge < -0.3 is 14.2 Å². The summed E-state index contributed by atoms with van der Waals surface area (Å²) in [5, 5.41) is 0. The van der Waals surface area contributed by atoms with E-state index in [0.717, 1.165) is 42.1 Å². The number of hydrogen-bond acceptors (Lipinski definition) is 4. The number of esters is 1. The van der Waals surface area contributed by atoms with Crippen molar-refractivity contribution in [2.45, 2.75) is 97.7 Å². The summed E-state index contributed by atoms with van der Waals surface area (Å²) in [5.41, 5.74) is 2.29. The molecule has 2 rings (SSSR count). The second-order valence-corrected chi connectivity index (χ2v) is 8.88. The molecule has 0 aliphatic rings. The van der Waals surface area contributed by atoms with Crippen LogP contribution in [0.2, 0.25) is 0 Å². The summed E-state index contributed by atoms with van der Waals surface area (Å²) in [6.07, 6.45) is 9.37. The minimum atomic E-state index is -0.153. The molecular formula is C29H42O4. The molecule has 2 aromatic rings. The van der Waals surface area contributed by atoms with Crippen LogP contribution in [0, 0.1) is 0 Å². The minimum absolute atomic E-state index is 0.0386. The van der Waals surface area contributed by atoms with Crippen LogP contribution in [0.25, 0.3) is 11.1 Å². The maximum absolute atomic E-state index is 11.6. The van der Waals surface area contributed by atoms with Crippen LogP contribution in [-0.2, 0) is 9.53 Å². The molecule has 2 aromatic carbocycles. The lowest BCUT2D eigenvalue weighted by molar-refractivity contribution is -0.149. The van der Waals surface area contributed by atoms with Crippen molar-refractivity contribution in [3.05, 3.63) is 48.5 Å². The normalized spacial score (nSPS) is 12.7. The Morgan fingerprint density at radius 3 is 1.91 bits per heavy atom. The fraction of sp³-hybridized carbons (Fsp3) is 0.552. The van der Waals surface area contributed by atoms with E-state index in [1.807, 2.05) is 45.0 Å². The highest BCUT2D eigenvalue weighted by molar-refractivity contribution is 5.69. The number of ether oxygens (including phenoxy) is 3. The van der Waals surface area contributed by atoms with Crippen LogP contribution in [0.4, 0.5) is 0 Å². The van der Waals surface area contributed by atoms with E-state index in [4.69, 9.17) is 14.2 Å². The maximum atomic E-state index is 11.6. The first kappa shape index (κ1) is 26.8. The van der Waals surface area contributed by atoms with E-state index in [2.05, 4.69) is 31.2 Å². The molecule has 0 heterocycles. The molecule has 0 bridgehead atoms. The van der Waals surface area contributed by atoms with Gasteiger partial charge in [-0.1, -0.05) is 70.2 Å². The van der Waals surface area contributed by atoms with Gasteiger partial charge in [0.15, 0.2) is 0 Å². The number of hydrogen-bond donors (Lipinski definition) is 0. The van der Waals surface area contributed by atoms with Crippen LogP contribution >= 0.6 is 0 Å². The second-order valence-electron chi connectivity index (χ2n) is 8.88. The lowest BCUT2D eigenvalue weighted by Gasteiger charge is -2.19. The first-order valence-corrected chi connectivity index (χ1v) is 12.7. The summed E-state index contributed by atoms with van der Waals surface area (Å²) >= 11 is 0. The van der Waals surface area contributed by atoms with Crippen molar-refractivity contribution in [1.29, 1.82) is 0 Å². The summed E-state index contributed by atoms with van der Waals surface area (Å²) in [7, 11) is 0. The fourth-order valence-electron chi connectivity index (χ4n) is 3.83. The molecular weight excluding hydrogens is 412 g/mol. The average Bonchev–Trinajstić information content (AvgIpc) is 2.79. The highest BCUT2D eigenvalue weighted by Crippen LogP contribution is 2.25. The van der Waals surface area contributed by atoms with E-state index in [-0.39, 0.29) is 18.2 Å². The van der Waals surface area contributed by atoms with Crippen LogP contribution in [-0.4, -0.2) is 24.8 Å². The molecule has 2 atom stereocenters. The zero-order valence-corrected chi connectivity index (χ0v) is 21.0. The summed E-state index contributed by atoms with van der Waals surface area (Å²) in [6.45, 7) is 8.92. The Hall–Kier alpha value is -2.49. The molecule has 0 fully saturated rings. The lowest BCUT2D eigenvalue weighted by atomic mass is 10.1. The van der Waals surface area contributed by atoms with Crippen molar-refractivity contribution in [2.75, 3.05) is 6.61 Å². The third-order valence-electron chi connectivity index (χ3n) is 5.60. The molecule has 0 radical (unpaired) electrons.